The Kier molecular flexibility index (Phi) is 4.25. The number of hydrogen-bond acceptors (Lipinski definition) is 2. The minimum atomic E-state index is -4.37. The van der Waals surface area contributed by atoms with E-state index in [0.29, 0.717) is 22.6 Å². The molecule has 3 N–H and O–H groups in total. The van der Waals surface area contributed by atoms with Crippen LogP contribution >= 0.6 is 0 Å². The summed E-state index contributed by atoms with van der Waals surface area (Å²) in [5.74, 6) is 0.358. The molecule has 0 unspecified atom stereocenters. The summed E-state index contributed by atoms with van der Waals surface area (Å²) < 4.78 is 42.8. The number of urea groups is 1. The van der Waals surface area contributed by atoms with Crippen LogP contribution in [0.2, 0.25) is 0 Å². The molecule has 0 aliphatic heterocycles. The summed E-state index contributed by atoms with van der Waals surface area (Å²) in [6.45, 7) is 0. The van der Waals surface area contributed by atoms with Gasteiger partial charge in [0.25, 0.3) is 0 Å². The van der Waals surface area contributed by atoms with Gasteiger partial charge in [-0.25, -0.2) is 4.79 Å². The van der Waals surface area contributed by atoms with Crippen LogP contribution in [0.5, 0.6) is 5.75 Å². The van der Waals surface area contributed by atoms with Crippen molar-refractivity contribution >= 4 is 11.7 Å². The van der Waals surface area contributed by atoms with Crippen molar-refractivity contribution in [1.29, 1.82) is 0 Å². The Hall–Kier alpha value is -2.70. The minimum Gasteiger partial charge on any atom is -0.495 e. The Morgan fingerprint density at radius 1 is 1.09 bits per heavy atom. The van der Waals surface area contributed by atoms with Crippen molar-refractivity contribution in [3.05, 3.63) is 48.0 Å². The van der Waals surface area contributed by atoms with Crippen LogP contribution in [0.3, 0.4) is 0 Å². The second kappa shape index (κ2) is 5.97. The number of carbonyl (C=O) groups excluding carboxylic acids is 1. The number of alkyl halides is 3. The number of carbonyl (C=O) groups is 1. The lowest BCUT2D eigenvalue weighted by Gasteiger charge is -2.12. The lowest BCUT2D eigenvalue weighted by atomic mass is 10.0. The minimum absolute atomic E-state index is 0.358. The molecule has 4 nitrogen and oxygen atoms in total. The molecule has 2 amide bonds. The van der Waals surface area contributed by atoms with Crippen molar-refractivity contribution in [3.63, 3.8) is 0 Å². The van der Waals surface area contributed by atoms with Crippen LogP contribution in [0.1, 0.15) is 5.56 Å². The van der Waals surface area contributed by atoms with Gasteiger partial charge in [0.15, 0.2) is 0 Å². The van der Waals surface area contributed by atoms with Gasteiger partial charge in [0, 0.05) is 0 Å². The van der Waals surface area contributed by atoms with Crippen molar-refractivity contribution in [2.24, 2.45) is 5.73 Å². The van der Waals surface area contributed by atoms with Gasteiger partial charge in [-0.1, -0.05) is 18.2 Å². The number of ether oxygens (including phenoxy) is 1. The zero-order valence-corrected chi connectivity index (χ0v) is 11.6. The maximum atomic E-state index is 12.5. The van der Waals surface area contributed by atoms with Gasteiger partial charge < -0.3 is 15.8 Å². The number of hydrogen-bond donors (Lipinski definition) is 2. The zero-order chi connectivity index (χ0) is 16.3. The number of nitrogens with one attached hydrogen (secondary N) is 1. The first-order valence-corrected chi connectivity index (χ1v) is 6.23. The first kappa shape index (κ1) is 15.7. The number of rotatable bonds is 3. The Morgan fingerprint density at radius 2 is 1.68 bits per heavy atom. The van der Waals surface area contributed by atoms with E-state index in [-0.39, 0.29) is 0 Å². The molecular formula is C15H13F3N2O2. The third-order valence-corrected chi connectivity index (χ3v) is 3.00. The van der Waals surface area contributed by atoms with E-state index < -0.39 is 17.8 Å². The Bertz CT molecular complexity index is 682. The molecule has 0 saturated heterocycles. The molecular weight excluding hydrogens is 297 g/mol. The molecule has 0 radical (unpaired) electrons. The molecule has 2 rings (SSSR count). The third-order valence-electron chi connectivity index (χ3n) is 3.00. The predicted molar refractivity (Wildman–Crippen MR) is 76.6 cm³/mol. The summed E-state index contributed by atoms with van der Waals surface area (Å²) in [5, 5.41) is 2.40. The highest BCUT2D eigenvalue weighted by Gasteiger charge is 2.29. The van der Waals surface area contributed by atoms with E-state index in [1.165, 1.54) is 19.2 Å². The molecule has 22 heavy (non-hydrogen) atoms. The fraction of sp³-hybridized carbons (Fsp3) is 0.133. The van der Waals surface area contributed by atoms with Crippen molar-refractivity contribution in [2.45, 2.75) is 6.18 Å². The summed E-state index contributed by atoms with van der Waals surface area (Å²) >= 11 is 0. The molecule has 0 heterocycles. The molecule has 0 atom stereocenters. The lowest BCUT2D eigenvalue weighted by Crippen LogP contribution is -2.19. The quantitative estimate of drug-likeness (QED) is 0.904. The number of halogens is 3. The number of methoxy groups -OCH3 is 1. The molecule has 2 aromatic carbocycles. The van der Waals surface area contributed by atoms with Crippen LogP contribution in [0, 0.1) is 0 Å². The fourth-order valence-electron chi connectivity index (χ4n) is 1.96. The summed E-state index contributed by atoms with van der Waals surface area (Å²) in [6.07, 6.45) is -4.37. The van der Waals surface area contributed by atoms with E-state index in [2.05, 4.69) is 5.32 Å². The molecule has 0 aromatic heterocycles. The summed E-state index contributed by atoms with van der Waals surface area (Å²) in [6, 6.07) is 8.85. The van der Waals surface area contributed by atoms with Crippen molar-refractivity contribution < 1.29 is 22.7 Å². The first-order valence-electron chi connectivity index (χ1n) is 6.23. The van der Waals surface area contributed by atoms with Crippen molar-refractivity contribution in [1.82, 2.24) is 0 Å². The number of primary amides is 1. The number of nitrogens with two attached hydrogens (primary N) is 1. The molecule has 0 aliphatic rings. The SMILES string of the molecule is COc1cc(-c2ccc(C(F)(F)F)cc2)ccc1NC(N)=O. The van der Waals surface area contributed by atoms with E-state index in [4.69, 9.17) is 10.5 Å². The second-order valence-electron chi connectivity index (χ2n) is 4.48. The maximum absolute atomic E-state index is 12.5. The maximum Gasteiger partial charge on any atom is 0.416 e. The van der Waals surface area contributed by atoms with E-state index >= 15 is 0 Å². The molecule has 0 fully saturated rings. The normalized spacial score (nSPS) is 11.1. The number of anilines is 1. The summed E-state index contributed by atoms with van der Waals surface area (Å²) in [5.41, 5.74) is 5.96. The van der Waals surface area contributed by atoms with E-state index in [1.807, 2.05) is 0 Å². The van der Waals surface area contributed by atoms with Crippen LogP contribution in [-0.4, -0.2) is 13.1 Å². The molecule has 116 valence electrons. The van der Waals surface area contributed by atoms with Crippen LogP contribution in [0.25, 0.3) is 11.1 Å². The van der Waals surface area contributed by atoms with Gasteiger partial charge in [-0.3, -0.25) is 0 Å². The summed E-state index contributed by atoms with van der Waals surface area (Å²) in [7, 11) is 1.41. The fourth-order valence-corrected chi connectivity index (χ4v) is 1.96. The molecule has 7 heteroatoms. The second-order valence-corrected chi connectivity index (χ2v) is 4.48. The highest BCUT2D eigenvalue weighted by molar-refractivity contribution is 5.90. The van der Waals surface area contributed by atoms with Gasteiger partial charge in [-0.2, -0.15) is 13.2 Å². The Balaban J connectivity index is 2.35. The van der Waals surface area contributed by atoms with Gasteiger partial charge in [-0.15, -0.1) is 0 Å². The molecule has 0 saturated carbocycles. The van der Waals surface area contributed by atoms with Crippen LogP contribution in [0.4, 0.5) is 23.7 Å². The number of benzene rings is 2. The first-order chi connectivity index (χ1) is 10.3. The topological polar surface area (TPSA) is 64.3 Å². The Labute approximate surface area is 124 Å². The van der Waals surface area contributed by atoms with Crippen molar-refractivity contribution in [2.75, 3.05) is 12.4 Å². The van der Waals surface area contributed by atoms with Gasteiger partial charge in [-0.05, 0) is 35.4 Å². The van der Waals surface area contributed by atoms with Gasteiger partial charge in [0.2, 0.25) is 0 Å². The van der Waals surface area contributed by atoms with E-state index in [9.17, 15) is 18.0 Å². The van der Waals surface area contributed by atoms with Crippen LogP contribution in [0.15, 0.2) is 42.5 Å². The summed E-state index contributed by atoms with van der Waals surface area (Å²) in [4.78, 5) is 10.9. The van der Waals surface area contributed by atoms with Gasteiger partial charge in [0.05, 0.1) is 18.4 Å². The van der Waals surface area contributed by atoms with Gasteiger partial charge in [0.1, 0.15) is 5.75 Å². The third kappa shape index (κ3) is 3.49. The monoisotopic (exact) mass is 310 g/mol. The van der Waals surface area contributed by atoms with E-state index in [0.717, 1.165) is 12.1 Å². The molecule has 2 aromatic rings. The highest BCUT2D eigenvalue weighted by Crippen LogP contribution is 2.33. The standard InChI is InChI=1S/C15H13F3N2O2/c1-22-13-8-10(4-7-12(13)20-14(19)21)9-2-5-11(6-3-9)15(16,17)18/h2-8H,1H3,(H3,19,20,21). The molecule has 0 bridgehead atoms. The predicted octanol–water partition coefficient (Wildman–Crippen LogP) is 3.87. The van der Waals surface area contributed by atoms with Gasteiger partial charge >= 0.3 is 12.2 Å². The average molecular weight is 310 g/mol. The lowest BCUT2D eigenvalue weighted by molar-refractivity contribution is -0.137. The largest absolute Gasteiger partial charge is 0.495 e. The van der Waals surface area contributed by atoms with E-state index in [1.54, 1.807) is 18.2 Å². The van der Waals surface area contributed by atoms with Crippen LogP contribution in [-0.2, 0) is 6.18 Å². The molecule has 0 aliphatic carbocycles. The van der Waals surface area contributed by atoms with Crippen molar-refractivity contribution in [3.8, 4) is 16.9 Å². The number of amides is 2. The molecule has 0 spiro atoms. The average Bonchev–Trinajstić information content (AvgIpc) is 2.46. The highest BCUT2D eigenvalue weighted by atomic mass is 19.4. The van der Waals surface area contributed by atoms with Crippen LogP contribution < -0.4 is 15.8 Å². The zero-order valence-electron chi connectivity index (χ0n) is 11.6. The Morgan fingerprint density at radius 3 is 2.18 bits per heavy atom. The smallest absolute Gasteiger partial charge is 0.416 e.